The zero-order valence-corrected chi connectivity index (χ0v) is 16.0. The number of benzene rings is 1. The Labute approximate surface area is 130 Å². The van der Waals surface area contributed by atoms with Gasteiger partial charge in [0.15, 0.2) is 0 Å². The Morgan fingerprint density at radius 3 is 2.42 bits per heavy atom. The summed E-state index contributed by atoms with van der Waals surface area (Å²) in [5, 5.41) is 18.7. The van der Waals surface area contributed by atoms with Crippen LogP contribution in [0.1, 0.15) is 31.9 Å². The number of aliphatic hydroxyl groups excluding tert-OH is 1. The zero-order chi connectivity index (χ0) is 14.9. The van der Waals surface area contributed by atoms with Crippen LogP contribution in [-0.2, 0) is 21.6 Å². The molecule has 0 unspecified atom stereocenters. The van der Waals surface area contributed by atoms with Crippen molar-refractivity contribution in [2.75, 3.05) is 6.61 Å². The molecule has 3 nitrogen and oxygen atoms in total. The van der Waals surface area contributed by atoms with E-state index in [2.05, 4.69) is 11.9 Å². The van der Waals surface area contributed by atoms with E-state index in [4.69, 9.17) is 24.5 Å². The molecule has 0 atom stereocenters. The Bertz CT molecular complexity index is 412. The molecule has 104 valence electrons. The molecular weight excluding hydrogens is 338 g/mol. The first-order valence-electron chi connectivity index (χ1n) is 6.00. The summed E-state index contributed by atoms with van der Waals surface area (Å²) in [6.45, 7) is 5.72. The first-order chi connectivity index (χ1) is 8.90. The van der Waals surface area contributed by atoms with Crippen molar-refractivity contribution in [2.24, 2.45) is 4.99 Å². The van der Waals surface area contributed by atoms with Crippen LogP contribution in [0.15, 0.2) is 23.2 Å². The SMILES string of the molecule is CCc1ccc(O)c(C=NC(C)(C)CO)c1.[Cl][Zn][Cl]. The van der Waals surface area contributed by atoms with E-state index in [0.717, 1.165) is 12.0 Å². The fourth-order valence-electron chi connectivity index (χ4n) is 1.21. The molecule has 1 aromatic carbocycles. The van der Waals surface area contributed by atoms with Gasteiger partial charge in [-0.3, -0.25) is 4.99 Å². The van der Waals surface area contributed by atoms with E-state index in [1.165, 1.54) is 0 Å². The minimum atomic E-state index is -0.931. The van der Waals surface area contributed by atoms with Crippen LogP contribution >= 0.6 is 19.4 Å². The Balaban J connectivity index is 0.000000982. The van der Waals surface area contributed by atoms with E-state index in [0.29, 0.717) is 5.56 Å². The predicted octanol–water partition coefficient (Wildman–Crippen LogP) is 3.52. The number of nitrogens with zero attached hydrogens (tertiary/aromatic N) is 1. The fourth-order valence-corrected chi connectivity index (χ4v) is 1.21. The first-order valence-corrected chi connectivity index (χ1v) is 13.8. The molecule has 0 heterocycles. The topological polar surface area (TPSA) is 52.8 Å². The molecule has 6 heteroatoms. The van der Waals surface area contributed by atoms with Gasteiger partial charge in [0.05, 0.1) is 12.1 Å². The van der Waals surface area contributed by atoms with E-state index in [9.17, 15) is 5.11 Å². The van der Waals surface area contributed by atoms with E-state index in [1.54, 1.807) is 12.3 Å². The minimum absolute atomic E-state index is 0.0161. The molecule has 0 bridgehead atoms. The predicted molar refractivity (Wildman–Crippen MR) is 77.9 cm³/mol. The number of rotatable bonds is 4. The van der Waals surface area contributed by atoms with Gasteiger partial charge in [0, 0.05) is 11.8 Å². The number of aliphatic hydroxyl groups is 1. The number of halogens is 2. The normalized spacial score (nSPS) is 10.8. The quantitative estimate of drug-likeness (QED) is 0.640. The van der Waals surface area contributed by atoms with Gasteiger partial charge >= 0.3 is 34.5 Å². The zero-order valence-electron chi connectivity index (χ0n) is 11.5. The monoisotopic (exact) mass is 355 g/mol. The van der Waals surface area contributed by atoms with Crippen molar-refractivity contribution in [1.29, 1.82) is 0 Å². The number of phenolic OH excluding ortho intramolecular Hbond substituents is 1. The van der Waals surface area contributed by atoms with Gasteiger partial charge in [0.1, 0.15) is 5.75 Å². The van der Waals surface area contributed by atoms with Crippen LogP contribution in [0.25, 0.3) is 0 Å². The molecule has 19 heavy (non-hydrogen) atoms. The molecule has 0 aliphatic rings. The molecule has 0 aromatic heterocycles. The molecule has 0 aliphatic carbocycles. The van der Waals surface area contributed by atoms with Crippen LogP contribution in [-0.4, -0.2) is 28.6 Å². The van der Waals surface area contributed by atoms with Gasteiger partial charge in [0.2, 0.25) is 0 Å². The molecular formula is C13H19Cl2NO2Zn. The van der Waals surface area contributed by atoms with Crippen molar-refractivity contribution >= 4 is 25.6 Å². The van der Waals surface area contributed by atoms with Crippen molar-refractivity contribution in [3.8, 4) is 5.75 Å². The van der Waals surface area contributed by atoms with Crippen LogP contribution < -0.4 is 0 Å². The number of hydrogen-bond acceptors (Lipinski definition) is 3. The van der Waals surface area contributed by atoms with Crippen LogP contribution in [0.2, 0.25) is 0 Å². The average molecular weight is 358 g/mol. The average Bonchev–Trinajstić information content (AvgIpc) is 2.39. The maximum atomic E-state index is 9.65. The summed E-state index contributed by atoms with van der Waals surface area (Å²) in [6, 6.07) is 5.47. The summed E-state index contributed by atoms with van der Waals surface area (Å²) >= 11 is -0.931. The second-order valence-electron chi connectivity index (χ2n) is 4.58. The summed E-state index contributed by atoms with van der Waals surface area (Å²) < 4.78 is 0. The third kappa shape index (κ3) is 7.89. The van der Waals surface area contributed by atoms with E-state index in [-0.39, 0.29) is 12.4 Å². The third-order valence-electron chi connectivity index (χ3n) is 2.44. The molecule has 0 saturated heterocycles. The molecule has 2 N–H and O–H groups in total. The van der Waals surface area contributed by atoms with Gasteiger partial charge < -0.3 is 10.2 Å². The van der Waals surface area contributed by atoms with Crippen LogP contribution in [0.4, 0.5) is 0 Å². The summed E-state index contributed by atoms with van der Waals surface area (Å²) in [5.41, 5.74) is 1.34. The molecule has 1 aromatic rings. The van der Waals surface area contributed by atoms with Gasteiger partial charge in [-0.05, 0) is 38.0 Å². The molecule has 0 aliphatic heterocycles. The number of phenols is 1. The third-order valence-corrected chi connectivity index (χ3v) is 2.44. The second kappa shape index (κ2) is 9.71. The standard InChI is InChI=1S/C13H19NO2.2ClH.Zn/c1-4-10-5-6-12(16)11(7-10)8-14-13(2,3)9-15;;;/h5-8,15-16H,4,9H2,1-3H3;2*1H;/q;;;+2/p-2. The Morgan fingerprint density at radius 2 is 1.95 bits per heavy atom. The number of hydrogen-bond donors (Lipinski definition) is 2. The van der Waals surface area contributed by atoms with E-state index >= 15 is 0 Å². The van der Waals surface area contributed by atoms with Crippen molar-refractivity contribution in [3.63, 3.8) is 0 Å². The second-order valence-corrected chi connectivity index (χ2v) is 9.20. The Morgan fingerprint density at radius 1 is 1.37 bits per heavy atom. The van der Waals surface area contributed by atoms with Crippen LogP contribution in [0, 0.1) is 0 Å². The number of aliphatic imine (C=N–C) groups is 1. The van der Waals surface area contributed by atoms with Gasteiger partial charge in [-0.1, -0.05) is 13.0 Å². The van der Waals surface area contributed by atoms with Crippen molar-refractivity contribution in [1.82, 2.24) is 0 Å². The molecule has 1 rings (SSSR count). The van der Waals surface area contributed by atoms with Crippen molar-refractivity contribution in [2.45, 2.75) is 32.7 Å². The molecule has 0 amide bonds. The summed E-state index contributed by atoms with van der Waals surface area (Å²) in [5.74, 6) is 0.217. The first kappa shape index (κ1) is 18.9. The molecule has 0 fully saturated rings. The van der Waals surface area contributed by atoms with Crippen LogP contribution in [0.3, 0.4) is 0 Å². The molecule has 0 radical (unpaired) electrons. The Hall–Kier alpha value is -0.147. The van der Waals surface area contributed by atoms with Gasteiger partial charge in [-0.25, -0.2) is 0 Å². The number of aryl methyl sites for hydroxylation is 1. The van der Waals surface area contributed by atoms with Gasteiger partial charge in [-0.2, -0.15) is 0 Å². The van der Waals surface area contributed by atoms with Crippen molar-refractivity contribution < 1.29 is 25.4 Å². The fraction of sp³-hybridized carbons (Fsp3) is 0.462. The van der Waals surface area contributed by atoms with Crippen LogP contribution in [0.5, 0.6) is 5.75 Å². The summed E-state index contributed by atoms with van der Waals surface area (Å²) in [7, 11) is 9.90. The maximum absolute atomic E-state index is 9.65. The summed E-state index contributed by atoms with van der Waals surface area (Å²) in [6.07, 6.45) is 2.54. The van der Waals surface area contributed by atoms with E-state index in [1.807, 2.05) is 26.0 Å². The molecule has 0 saturated carbocycles. The Kier molecular flexibility index (Phi) is 9.63. The van der Waals surface area contributed by atoms with Crippen molar-refractivity contribution in [3.05, 3.63) is 29.3 Å². The summed E-state index contributed by atoms with van der Waals surface area (Å²) in [4.78, 5) is 4.25. The molecule has 0 spiro atoms. The van der Waals surface area contributed by atoms with E-state index < -0.39 is 20.7 Å². The number of aromatic hydroxyl groups is 1. The van der Waals surface area contributed by atoms with Gasteiger partial charge in [-0.15, -0.1) is 0 Å². The van der Waals surface area contributed by atoms with Gasteiger partial charge in [0.25, 0.3) is 0 Å².